The number of fused-ring (bicyclic) bond motifs is 3. The Hall–Kier alpha value is -0.400. The fourth-order valence-electron chi connectivity index (χ4n) is 4.37. The minimum atomic E-state index is -0.493. The van der Waals surface area contributed by atoms with Gasteiger partial charge in [-0.2, -0.15) is 0 Å². The predicted octanol–water partition coefficient (Wildman–Crippen LogP) is 7.25. The molecule has 2 N–H and O–H groups in total. The second-order valence-electron chi connectivity index (χ2n) is 9.71. The number of β-amino-alcohol motifs (C(OH)–C–C–N with tert-alkyl or cyclic N) is 1. The molecule has 0 amide bonds. The van der Waals surface area contributed by atoms with Crippen LogP contribution in [0.1, 0.15) is 41.0 Å². The zero-order chi connectivity index (χ0) is 21.6. The summed E-state index contributed by atoms with van der Waals surface area (Å²) in [7, 11) is 0. The molecule has 29 heavy (non-hydrogen) atoms. The monoisotopic (exact) mass is 586 g/mol. The number of benzene rings is 2. The highest BCUT2D eigenvalue weighted by molar-refractivity contribution is 9.11. The zero-order valence-corrected chi connectivity index (χ0v) is 22.4. The van der Waals surface area contributed by atoms with Gasteiger partial charge < -0.3 is 15.0 Å². The summed E-state index contributed by atoms with van der Waals surface area (Å²) in [5.74, 6) is 0. The molecule has 0 spiro atoms. The minimum Gasteiger partial charge on any atom is -0.390 e. The summed E-state index contributed by atoms with van der Waals surface area (Å²) >= 11 is 10.9. The molecule has 0 aliphatic heterocycles. The van der Waals surface area contributed by atoms with Crippen LogP contribution in [-0.2, 0) is 6.54 Å². The molecule has 1 unspecified atom stereocenters. The van der Waals surface area contributed by atoms with E-state index in [1.807, 2.05) is 0 Å². The minimum absolute atomic E-state index is 0.0314. The summed E-state index contributed by atoms with van der Waals surface area (Å²) < 4.78 is 5.31. The van der Waals surface area contributed by atoms with Crippen molar-refractivity contribution in [3.05, 3.63) is 43.7 Å². The van der Waals surface area contributed by atoms with Gasteiger partial charge >= 0.3 is 0 Å². The van der Waals surface area contributed by atoms with Crippen molar-refractivity contribution in [2.45, 2.75) is 59.2 Å². The lowest BCUT2D eigenvalue weighted by Crippen LogP contribution is -2.46. The predicted molar refractivity (Wildman–Crippen MR) is 135 cm³/mol. The third kappa shape index (κ3) is 5.65. The lowest BCUT2D eigenvalue weighted by Gasteiger charge is -2.34. The highest BCUT2D eigenvalue weighted by atomic mass is 79.9. The number of rotatable bonds is 6. The summed E-state index contributed by atoms with van der Waals surface area (Å²) in [5, 5.41) is 16.8. The average molecular weight is 589 g/mol. The van der Waals surface area contributed by atoms with Crippen molar-refractivity contribution in [1.82, 2.24) is 9.88 Å². The van der Waals surface area contributed by atoms with Gasteiger partial charge in [-0.3, -0.25) is 0 Å². The molecule has 0 saturated carbocycles. The molecule has 3 nitrogen and oxygen atoms in total. The van der Waals surface area contributed by atoms with Crippen molar-refractivity contribution in [3.63, 3.8) is 0 Å². The van der Waals surface area contributed by atoms with E-state index in [-0.39, 0.29) is 11.0 Å². The van der Waals surface area contributed by atoms with E-state index in [0.29, 0.717) is 13.1 Å². The van der Waals surface area contributed by atoms with Crippen LogP contribution < -0.4 is 5.32 Å². The van der Waals surface area contributed by atoms with E-state index >= 15 is 0 Å². The Morgan fingerprint density at radius 2 is 1.62 bits per heavy atom. The molecule has 0 aliphatic rings. The first-order chi connectivity index (χ1) is 13.4. The van der Waals surface area contributed by atoms with Crippen molar-refractivity contribution >= 4 is 69.6 Å². The SMILES string of the molecule is CC(C)(C)CC(C)(C)NCC(O)Cn1c2ccc(Br)cc2c2cc(Br)cc(Br)c21. The average Bonchev–Trinajstić information content (AvgIpc) is 2.84. The topological polar surface area (TPSA) is 37.2 Å². The van der Waals surface area contributed by atoms with Crippen molar-refractivity contribution in [2.24, 2.45) is 5.41 Å². The molecule has 2 aromatic carbocycles. The van der Waals surface area contributed by atoms with Crippen LogP contribution in [0.25, 0.3) is 21.8 Å². The Labute approximate surface area is 198 Å². The molecule has 3 aromatic rings. The first-order valence-electron chi connectivity index (χ1n) is 9.86. The number of aliphatic hydroxyl groups excluding tert-OH is 1. The second-order valence-corrected chi connectivity index (χ2v) is 12.4. The maximum Gasteiger partial charge on any atom is 0.0843 e. The van der Waals surface area contributed by atoms with E-state index in [1.165, 1.54) is 5.39 Å². The van der Waals surface area contributed by atoms with E-state index in [1.54, 1.807) is 0 Å². The third-order valence-corrected chi connectivity index (χ3v) is 6.58. The maximum absolute atomic E-state index is 10.9. The highest BCUT2D eigenvalue weighted by Crippen LogP contribution is 2.37. The van der Waals surface area contributed by atoms with Gasteiger partial charge in [-0.15, -0.1) is 0 Å². The van der Waals surface area contributed by atoms with Gasteiger partial charge in [0.2, 0.25) is 0 Å². The molecule has 158 valence electrons. The lowest BCUT2D eigenvalue weighted by molar-refractivity contribution is 0.133. The van der Waals surface area contributed by atoms with Gasteiger partial charge in [-0.25, -0.2) is 0 Å². The molecule has 0 bridgehead atoms. The fraction of sp³-hybridized carbons (Fsp3) is 0.478. The van der Waals surface area contributed by atoms with Gasteiger partial charge in [-0.1, -0.05) is 52.6 Å². The first-order valence-corrected chi connectivity index (χ1v) is 12.2. The molecule has 0 aliphatic carbocycles. The van der Waals surface area contributed by atoms with Crippen molar-refractivity contribution < 1.29 is 5.11 Å². The lowest BCUT2D eigenvalue weighted by atomic mass is 9.82. The zero-order valence-electron chi connectivity index (χ0n) is 17.6. The number of aromatic nitrogens is 1. The van der Waals surface area contributed by atoms with Crippen molar-refractivity contribution in [1.29, 1.82) is 0 Å². The maximum atomic E-state index is 10.9. The van der Waals surface area contributed by atoms with Gasteiger partial charge in [0.25, 0.3) is 0 Å². The van der Waals surface area contributed by atoms with Gasteiger partial charge in [0.05, 0.1) is 18.2 Å². The third-order valence-electron chi connectivity index (χ3n) is 5.02. The van der Waals surface area contributed by atoms with Gasteiger partial charge in [0.15, 0.2) is 0 Å². The Morgan fingerprint density at radius 3 is 2.28 bits per heavy atom. The van der Waals surface area contributed by atoms with Crippen LogP contribution in [0, 0.1) is 5.41 Å². The van der Waals surface area contributed by atoms with Crippen LogP contribution in [0.4, 0.5) is 0 Å². The molecule has 3 rings (SSSR count). The summed E-state index contributed by atoms with van der Waals surface area (Å²) in [6.07, 6.45) is 0.544. The quantitative estimate of drug-likeness (QED) is 0.318. The molecule has 1 aromatic heterocycles. The van der Waals surface area contributed by atoms with Gasteiger partial charge in [0.1, 0.15) is 0 Å². The van der Waals surface area contributed by atoms with Crippen LogP contribution in [0.5, 0.6) is 0 Å². The summed E-state index contributed by atoms with van der Waals surface area (Å²) in [6.45, 7) is 12.2. The number of hydrogen-bond acceptors (Lipinski definition) is 2. The first kappa shape index (κ1) is 23.3. The Balaban J connectivity index is 1.91. The Bertz CT molecular complexity index is 1030. The van der Waals surface area contributed by atoms with Crippen LogP contribution in [0.3, 0.4) is 0 Å². The van der Waals surface area contributed by atoms with Crippen molar-refractivity contribution in [2.75, 3.05) is 6.54 Å². The molecular weight excluding hydrogens is 560 g/mol. The molecular formula is C23H29Br3N2O. The number of nitrogens with one attached hydrogen (secondary N) is 1. The van der Waals surface area contributed by atoms with Gasteiger partial charge in [0, 0.05) is 41.8 Å². The Morgan fingerprint density at radius 1 is 0.966 bits per heavy atom. The molecule has 1 heterocycles. The molecule has 0 fully saturated rings. The Kier molecular flexibility index (Phi) is 6.92. The molecule has 0 saturated heterocycles. The summed E-state index contributed by atoms with van der Waals surface area (Å²) in [4.78, 5) is 0. The van der Waals surface area contributed by atoms with Crippen LogP contribution in [-0.4, -0.2) is 27.9 Å². The summed E-state index contributed by atoms with van der Waals surface area (Å²) in [5.41, 5.74) is 2.43. The standard InChI is InChI=1S/C23H29Br3N2O/c1-22(2,3)13-23(4,5)27-11-16(29)12-28-20-7-6-14(24)8-17(20)18-9-15(25)10-19(26)21(18)28/h6-10,16,27,29H,11-13H2,1-5H3. The van der Waals surface area contributed by atoms with Crippen LogP contribution in [0.2, 0.25) is 0 Å². The smallest absolute Gasteiger partial charge is 0.0843 e. The molecule has 1 atom stereocenters. The number of hydrogen-bond donors (Lipinski definition) is 2. The van der Waals surface area contributed by atoms with E-state index in [0.717, 1.165) is 36.3 Å². The fourth-order valence-corrected chi connectivity index (χ4v) is 6.17. The van der Waals surface area contributed by atoms with E-state index in [9.17, 15) is 5.11 Å². The molecule has 6 heteroatoms. The van der Waals surface area contributed by atoms with Gasteiger partial charge in [-0.05, 0) is 71.9 Å². The molecule has 0 radical (unpaired) electrons. The largest absolute Gasteiger partial charge is 0.390 e. The number of nitrogens with zero attached hydrogens (tertiary/aromatic N) is 1. The van der Waals surface area contributed by atoms with E-state index in [4.69, 9.17) is 0 Å². The normalized spacial score (nSPS) is 14.1. The van der Waals surface area contributed by atoms with Crippen molar-refractivity contribution in [3.8, 4) is 0 Å². The van der Waals surface area contributed by atoms with Crippen LogP contribution in [0.15, 0.2) is 43.7 Å². The highest BCUT2D eigenvalue weighted by Gasteiger charge is 2.26. The summed E-state index contributed by atoms with van der Waals surface area (Å²) in [6, 6.07) is 10.5. The number of aliphatic hydroxyl groups is 1. The van der Waals surface area contributed by atoms with Crippen LogP contribution >= 0.6 is 47.8 Å². The number of halogens is 3. The van der Waals surface area contributed by atoms with E-state index in [2.05, 4.69) is 123 Å². The second kappa shape index (κ2) is 8.62. The van der Waals surface area contributed by atoms with E-state index < -0.39 is 6.10 Å².